The number of carbonyl (C=O) groups excluding carboxylic acids is 2. The molecule has 2 unspecified atom stereocenters. The summed E-state index contributed by atoms with van der Waals surface area (Å²) in [5, 5.41) is 8.14. The molecule has 7 heteroatoms. The van der Waals surface area contributed by atoms with E-state index in [1.807, 2.05) is 0 Å². The Morgan fingerprint density at radius 1 is 1.31 bits per heavy atom. The van der Waals surface area contributed by atoms with E-state index in [4.69, 9.17) is 10.5 Å². The van der Waals surface area contributed by atoms with Crippen molar-refractivity contribution in [2.24, 2.45) is 11.7 Å². The molecule has 0 spiro atoms. The number of primary amides is 1. The smallest absolute Gasteiger partial charge is 0.312 e. The van der Waals surface area contributed by atoms with Gasteiger partial charge in [0.15, 0.2) is 0 Å². The van der Waals surface area contributed by atoms with Crippen LogP contribution in [0.4, 0.5) is 4.79 Å². The van der Waals surface area contributed by atoms with Gasteiger partial charge >= 0.3 is 6.03 Å². The van der Waals surface area contributed by atoms with Crippen LogP contribution in [0.1, 0.15) is 0 Å². The van der Waals surface area contributed by atoms with Crippen LogP contribution >= 0.6 is 0 Å². The molecule has 0 bridgehead atoms. The molecule has 1 rings (SSSR count). The van der Waals surface area contributed by atoms with Gasteiger partial charge in [0.2, 0.25) is 5.91 Å². The Morgan fingerprint density at radius 3 is 2.62 bits per heavy atom. The predicted octanol–water partition coefficient (Wildman–Crippen LogP) is -1.99. The standard InChI is InChI=1S/C9H18N4O3/c1-11-7-5-16-4-6(7)8(14)12-2-3-13-9(10)15/h6-7,11H,2-5H2,1H3,(H,12,14)(H3,10,13,15). The van der Waals surface area contributed by atoms with E-state index in [-0.39, 0.29) is 17.9 Å². The van der Waals surface area contributed by atoms with E-state index in [0.717, 1.165) is 0 Å². The minimum atomic E-state index is -0.591. The summed E-state index contributed by atoms with van der Waals surface area (Å²) in [7, 11) is 1.80. The number of likely N-dealkylation sites (N-methyl/N-ethyl adjacent to an activating group) is 1. The number of hydrogen-bond acceptors (Lipinski definition) is 4. The Balaban J connectivity index is 2.21. The van der Waals surface area contributed by atoms with Crippen LogP contribution in [-0.4, -0.2) is 51.3 Å². The number of amides is 3. The summed E-state index contributed by atoms with van der Waals surface area (Å²) in [6.45, 7) is 1.68. The lowest BCUT2D eigenvalue weighted by Crippen LogP contribution is -2.45. The molecule has 16 heavy (non-hydrogen) atoms. The van der Waals surface area contributed by atoms with Gasteiger partial charge in [-0.1, -0.05) is 0 Å². The molecule has 1 saturated heterocycles. The molecule has 5 N–H and O–H groups in total. The van der Waals surface area contributed by atoms with Gasteiger partial charge < -0.3 is 26.4 Å². The number of rotatable bonds is 5. The molecule has 3 amide bonds. The fourth-order valence-electron chi connectivity index (χ4n) is 1.60. The lowest BCUT2D eigenvalue weighted by atomic mass is 10.0. The first-order chi connectivity index (χ1) is 7.65. The summed E-state index contributed by atoms with van der Waals surface area (Å²) in [6.07, 6.45) is 0. The SMILES string of the molecule is CNC1COCC1C(=O)NCCNC(N)=O. The fourth-order valence-corrected chi connectivity index (χ4v) is 1.60. The fraction of sp³-hybridized carbons (Fsp3) is 0.778. The van der Waals surface area contributed by atoms with Crippen LogP contribution in [0.25, 0.3) is 0 Å². The predicted molar refractivity (Wildman–Crippen MR) is 57.8 cm³/mol. The zero-order valence-corrected chi connectivity index (χ0v) is 9.29. The molecule has 7 nitrogen and oxygen atoms in total. The third kappa shape index (κ3) is 3.67. The summed E-state index contributed by atoms with van der Waals surface area (Å²) in [5.41, 5.74) is 4.88. The Kier molecular flexibility index (Phi) is 5.00. The van der Waals surface area contributed by atoms with Crippen LogP contribution in [-0.2, 0) is 9.53 Å². The van der Waals surface area contributed by atoms with E-state index in [0.29, 0.717) is 26.3 Å². The summed E-state index contributed by atoms with van der Waals surface area (Å²) in [5.74, 6) is -0.235. The summed E-state index contributed by atoms with van der Waals surface area (Å²) < 4.78 is 5.21. The van der Waals surface area contributed by atoms with Crippen molar-refractivity contribution >= 4 is 11.9 Å². The van der Waals surface area contributed by atoms with E-state index < -0.39 is 6.03 Å². The third-order valence-electron chi connectivity index (χ3n) is 2.51. The molecule has 0 aliphatic carbocycles. The van der Waals surface area contributed by atoms with Gasteiger partial charge in [-0.15, -0.1) is 0 Å². The number of hydrogen-bond donors (Lipinski definition) is 4. The van der Waals surface area contributed by atoms with Gasteiger partial charge in [0.1, 0.15) is 0 Å². The van der Waals surface area contributed by atoms with Crippen LogP contribution in [0.5, 0.6) is 0 Å². The quantitative estimate of drug-likeness (QED) is 0.410. The Bertz CT molecular complexity index is 259. The molecular weight excluding hydrogens is 212 g/mol. The second-order valence-electron chi connectivity index (χ2n) is 3.62. The van der Waals surface area contributed by atoms with Crippen molar-refractivity contribution in [2.45, 2.75) is 6.04 Å². The molecule has 0 radical (unpaired) electrons. The van der Waals surface area contributed by atoms with Crippen molar-refractivity contribution in [3.8, 4) is 0 Å². The van der Waals surface area contributed by atoms with Crippen molar-refractivity contribution in [3.63, 3.8) is 0 Å². The Labute approximate surface area is 94.1 Å². The monoisotopic (exact) mass is 230 g/mol. The second kappa shape index (κ2) is 6.29. The van der Waals surface area contributed by atoms with Gasteiger partial charge in [-0.2, -0.15) is 0 Å². The third-order valence-corrected chi connectivity index (χ3v) is 2.51. The van der Waals surface area contributed by atoms with Crippen molar-refractivity contribution in [1.29, 1.82) is 0 Å². The van der Waals surface area contributed by atoms with E-state index in [2.05, 4.69) is 16.0 Å². The number of ether oxygens (including phenoxy) is 1. The highest BCUT2D eigenvalue weighted by Gasteiger charge is 2.32. The van der Waals surface area contributed by atoms with Gasteiger partial charge in [0.05, 0.1) is 19.1 Å². The first-order valence-corrected chi connectivity index (χ1v) is 5.21. The maximum atomic E-state index is 11.7. The van der Waals surface area contributed by atoms with E-state index in [9.17, 15) is 9.59 Å². The Hall–Kier alpha value is -1.34. The van der Waals surface area contributed by atoms with Crippen LogP contribution < -0.4 is 21.7 Å². The van der Waals surface area contributed by atoms with Crippen molar-refractivity contribution in [2.75, 3.05) is 33.4 Å². The average molecular weight is 230 g/mol. The number of nitrogens with two attached hydrogens (primary N) is 1. The first kappa shape index (κ1) is 12.7. The van der Waals surface area contributed by atoms with Crippen molar-refractivity contribution in [1.82, 2.24) is 16.0 Å². The number of carbonyl (C=O) groups is 2. The summed E-state index contributed by atoms with van der Waals surface area (Å²) in [6, 6.07) is -0.532. The zero-order chi connectivity index (χ0) is 12.0. The minimum absolute atomic E-state index is 0.0594. The normalized spacial score (nSPS) is 24.1. The minimum Gasteiger partial charge on any atom is -0.379 e. The molecule has 0 aromatic heterocycles. The van der Waals surface area contributed by atoms with Gasteiger partial charge in [-0.25, -0.2) is 4.79 Å². The largest absolute Gasteiger partial charge is 0.379 e. The maximum Gasteiger partial charge on any atom is 0.312 e. The van der Waals surface area contributed by atoms with Crippen LogP contribution in [0, 0.1) is 5.92 Å². The van der Waals surface area contributed by atoms with Gasteiger partial charge in [-0.3, -0.25) is 4.79 Å². The lowest BCUT2D eigenvalue weighted by molar-refractivity contribution is -0.125. The van der Waals surface area contributed by atoms with Gasteiger partial charge in [0.25, 0.3) is 0 Å². The highest BCUT2D eigenvalue weighted by atomic mass is 16.5. The van der Waals surface area contributed by atoms with E-state index in [1.165, 1.54) is 0 Å². The van der Waals surface area contributed by atoms with E-state index in [1.54, 1.807) is 7.05 Å². The first-order valence-electron chi connectivity index (χ1n) is 5.21. The van der Waals surface area contributed by atoms with Gasteiger partial charge in [-0.05, 0) is 7.05 Å². The average Bonchev–Trinajstić information content (AvgIpc) is 2.71. The molecule has 1 fully saturated rings. The molecule has 1 aliphatic rings. The van der Waals surface area contributed by atoms with E-state index >= 15 is 0 Å². The second-order valence-corrected chi connectivity index (χ2v) is 3.62. The van der Waals surface area contributed by atoms with Crippen molar-refractivity contribution < 1.29 is 14.3 Å². The highest BCUT2D eigenvalue weighted by molar-refractivity contribution is 5.80. The maximum absolute atomic E-state index is 11.7. The summed E-state index contributed by atoms with van der Waals surface area (Å²) >= 11 is 0. The van der Waals surface area contributed by atoms with Crippen molar-refractivity contribution in [3.05, 3.63) is 0 Å². The molecule has 1 heterocycles. The molecule has 0 aromatic carbocycles. The molecule has 0 aromatic rings. The highest BCUT2D eigenvalue weighted by Crippen LogP contribution is 2.12. The van der Waals surface area contributed by atoms with Crippen LogP contribution in [0.3, 0.4) is 0 Å². The molecule has 0 saturated carbocycles. The van der Waals surface area contributed by atoms with Crippen LogP contribution in [0.15, 0.2) is 0 Å². The molecular formula is C9H18N4O3. The Morgan fingerprint density at radius 2 is 2.00 bits per heavy atom. The number of nitrogens with one attached hydrogen (secondary N) is 3. The number of urea groups is 1. The van der Waals surface area contributed by atoms with Gasteiger partial charge in [0, 0.05) is 19.1 Å². The van der Waals surface area contributed by atoms with Crippen LogP contribution in [0.2, 0.25) is 0 Å². The summed E-state index contributed by atoms with van der Waals surface area (Å²) in [4.78, 5) is 22.1. The molecule has 1 aliphatic heterocycles. The topological polar surface area (TPSA) is 105 Å². The molecule has 2 atom stereocenters. The zero-order valence-electron chi connectivity index (χ0n) is 9.29. The molecule has 92 valence electrons. The lowest BCUT2D eigenvalue weighted by Gasteiger charge is -2.16.